The number of nitrogens with zero attached hydrogens (tertiary/aromatic N) is 1. The van der Waals surface area contributed by atoms with E-state index in [1.165, 1.54) is 16.7 Å². The molecular formula is C7H10N2O3S2. The lowest BCUT2D eigenvalue weighted by atomic mass is 10.4. The number of aliphatic carboxylic acids is 1. The number of carbonyl (C=O) groups excluding carboxylic acids is 1. The predicted molar refractivity (Wildman–Crippen MR) is 57.0 cm³/mol. The summed E-state index contributed by atoms with van der Waals surface area (Å²) >= 11 is 6.26. The van der Waals surface area contributed by atoms with Crippen molar-refractivity contribution >= 4 is 40.2 Å². The monoisotopic (exact) mass is 234 g/mol. The fourth-order valence-electron chi connectivity index (χ4n) is 0.920. The van der Waals surface area contributed by atoms with E-state index in [1.54, 1.807) is 0 Å². The van der Waals surface area contributed by atoms with E-state index < -0.39 is 5.97 Å². The van der Waals surface area contributed by atoms with Gasteiger partial charge in [-0.1, -0.05) is 24.0 Å². The first-order valence-electron chi connectivity index (χ1n) is 4.01. The first-order valence-corrected chi connectivity index (χ1v) is 5.40. The van der Waals surface area contributed by atoms with Gasteiger partial charge in [0.1, 0.15) is 4.32 Å². The van der Waals surface area contributed by atoms with Gasteiger partial charge in [-0.05, 0) is 0 Å². The van der Waals surface area contributed by atoms with Crippen molar-refractivity contribution in [3.63, 3.8) is 0 Å². The van der Waals surface area contributed by atoms with Crippen LogP contribution in [0.25, 0.3) is 0 Å². The van der Waals surface area contributed by atoms with Crippen molar-refractivity contribution in [3.8, 4) is 0 Å². The van der Waals surface area contributed by atoms with Gasteiger partial charge in [-0.3, -0.25) is 19.8 Å². The highest BCUT2D eigenvalue weighted by molar-refractivity contribution is 8.23. The van der Waals surface area contributed by atoms with Crippen LogP contribution in [-0.4, -0.2) is 45.2 Å². The second-order valence-electron chi connectivity index (χ2n) is 2.68. The molecule has 0 unspecified atom stereocenters. The summed E-state index contributed by atoms with van der Waals surface area (Å²) in [7, 11) is 0. The van der Waals surface area contributed by atoms with E-state index in [0.29, 0.717) is 23.3 Å². The Kier molecular flexibility index (Phi) is 4.30. The van der Waals surface area contributed by atoms with Gasteiger partial charge in [-0.25, -0.2) is 0 Å². The molecule has 2 N–H and O–H groups in total. The molecule has 0 spiro atoms. The molecule has 0 aromatic carbocycles. The summed E-state index contributed by atoms with van der Waals surface area (Å²) in [5.74, 6) is -0.496. The topological polar surface area (TPSA) is 69.6 Å². The number of thioether (sulfide) groups is 1. The van der Waals surface area contributed by atoms with Crippen molar-refractivity contribution in [2.75, 3.05) is 19.0 Å². The normalized spacial score (nSPS) is 16.4. The molecule has 14 heavy (non-hydrogen) atoms. The number of rotatable bonds is 5. The van der Waals surface area contributed by atoms with Gasteiger partial charge in [0.05, 0.1) is 18.8 Å². The molecule has 0 bridgehead atoms. The molecule has 0 aromatic rings. The summed E-state index contributed by atoms with van der Waals surface area (Å²) in [6.07, 6.45) is 0.0436. The average molecular weight is 234 g/mol. The van der Waals surface area contributed by atoms with E-state index in [4.69, 9.17) is 17.3 Å². The highest BCUT2D eigenvalue weighted by atomic mass is 32.2. The lowest BCUT2D eigenvalue weighted by Crippen LogP contribution is -2.38. The van der Waals surface area contributed by atoms with Gasteiger partial charge in [0.15, 0.2) is 0 Å². The molecule has 78 valence electrons. The average Bonchev–Trinajstić information content (AvgIpc) is 2.42. The Labute approximate surface area is 90.8 Å². The quantitative estimate of drug-likeness (QED) is 0.510. The zero-order chi connectivity index (χ0) is 10.6. The Hall–Kier alpha value is -0.660. The van der Waals surface area contributed by atoms with E-state index >= 15 is 0 Å². The maximum absolute atomic E-state index is 11.2. The van der Waals surface area contributed by atoms with E-state index in [0.717, 1.165) is 0 Å². The lowest BCUT2D eigenvalue weighted by molar-refractivity contribution is -0.136. The largest absolute Gasteiger partial charge is 0.481 e. The smallest absolute Gasteiger partial charge is 0.304 e. The number of carboxylic acids is 1. The Morgan fingerprint density at radius 1 is 1.71 bits per heavy atom. The minimum absolute atomic E-state index is 0.0252. The number of carboxylic acid groups (broad SMARTS) is 1. The molecule has 7 heteroatoms. The minimum atomic E-state index is -0.859. The zero-order valence-corrected chi connectivity index (χ0v) is 8.99. The van der Waals surface area contributed by atoms with Gasteiger partial charge >= 0.3 is 5.97 Å². The van der Waals surface area contributed by atoms with Crippen LogP contribution in [0, 0.1) is 0 Å². The molecule has 0 radical (unpaired) electrons. The maximum atomic E-state index is 11.2. The van der Waals surface area contributed by atoms with Gasteiger partial charge in [0, 0.05) is 6.54 Å². The van der Waals surface area contributed by atoms with Crippen LogP contribution < -0.4 is 5.32 Å². The summed E-state index contributed by atoms with van der Waals surface area (Å²) in [6, 6.07) is 0. The third-order valence-corrected chi connectivity index (χ3v) is 3.06. The molecule has 1 heterocycles. The Morgan fingerprint density at radius 3 is 2.93 bits per heavy atom. The van der Waals surface area contributed by atoms with Crippen LogP contribution in [0.5, 0.6) is 0 Å². The summed E-state index contributed by atoms with van der Waals surface area (Å²) in [4.78, 5) is 22.8. The van der Waals surface area contributed by atoms with Gasteiger partial charge in [0.25, 0.3) is 0 Å². The van der Waals surface area contributed by atoms with Crippen LogP contribution in [0.2, 0.25) is 0 Å². The third-order valence-electron chi connectivity index (χ3n) is 1.63. The van der Waals surface area contributed by atoms with Crippen molar-refractivity contribution < 1.29 is 14.7 Å². The van der Waals surface area contributed by atoms with Crippen molar-refractivity contribution in [1.29, 1.82) is 0 Å². The fraction of sp³-hybridized carbons (Fsp3) is 0.571. The highest BCUT2D eigenvalue weighted by Gasteiger charge is 2.25. The number of thiocarbonyl (C=S) groups is 1. The molecule has 1 fully saturated rings. The number of hydrogen-bond donors (Lipinski definition) is 2. The molecule has 0 saturated carbocycles. The zero-order valence-electron chi connectivity index (χ0n) is 7.36. The van der Waals surface area contributed by atoms with E-state index in [9.17, 15) is 9.59 Å². The van der Waals surface area contributed by atoms with Gasteiger partial charge < -0.3 is 5.11 Å². The van der Waals surface area contributed by atoms with Crippen LogP contribution in [0.15, 0.2) is 0 Å². The molecule has 1 amide bonds. The molecule has 0 atom stereocenters. The van der Waals surface area contributed by atoms with Crippen molar-refractivity contribution in [2.45, 2.75) is 6.42 Å². The molecular weight excluding hydrogens is 224 g/mol. The molecule has 0 aliphatic carbocycles. The van der Waals surface area contributed by atoms with Crippen LogP contribution >= 0.6 is 24.0 Å². The van der Waals surface area contributed by atoms with E-state index in [2.05, 4.69) is 5.32 Å². The first kappa shape index (κ1) is 11.4. The minimum Gasteiger partial charge on any atom is -0.481 e. The molecule has 1 aliphatic heterocycles. The molecule has 1 aliphatic rings. The standard InChI is InChI=1S/C7H10N2O3S2/c10-5-3-14-7(13)9(5)4-8-2-1-6(11)12/h8H,1-4H2,(H,11,12). The van der Waals surface area contributed by atoms with Crippen LogP contribution in [-0.2, 0) is 9.59 Å². The van der Waals surface area contributed by atoms with Crippen molar-refractivity contribution in [2.24, 2.45) is 0 Å². The first-order chi connectivity index (χ1) is 6.61. The Morgan fingerprint density at radius 2 is 2.43 bits per heavy atom. The van der Waals surface area contributed by atoms with Crippen molar-refractivity contribution in [3.05, 3.63) is 0 Å². The molecule has 5 nitrogen and oxygen atoms in total. The second-order valence-corrected chi connectivity index (χ2v) is 4.29. The Balaban J connectivity index is 2.20. The van der Waals surface area contributed by atoms with E-state index in [-0.39, 0.29) is 12.3 Å². The van der Waals surface area contributed by atoms with Crippen LogP contribution in [0.4, 0.5) is 0 Å². The van der Waals surface area contributed by atoms with Crippen molar-refractivity contribution in [1.82, 2.24) is 10.2 Å². The number of hydrogen-bond acceptors (Lipinski definition) is 5. The van der Waals surface area contributed by atoms with Gasteiger partial charge in [-0.15, -0.1) is 0 Å². The molecule has 1 rings (SSSR count). The number of amides is 1. The SMILES string of the molecule is O=C(O)CCNCN1C(=O)CSC1=S. The van der Waals surface area contributed by atoms with E-state index in [1.807, 2.05) is 0 Å². The predicted octanol–water partition coefficient (Wildman–Crippen LogP) is -0.131. The maximum Gasteiger partial charge on any atom is 0.304 e. The number of nitrogens with one attached hydrogen (secondary N) is 1. The summed E-state index contributed by atoms with van der Waals surface area (Å²) < 4.78 is 0.554. The summed E-state index contributed by atoms with van der Waals surface area (Å²) in [6.45, 7) is 0.643. The highest BCUT2D eigenvalue weighted by Crippen LogP contribution is 2.17. The third kappa shape index (κ3) is 3.24. The fourth-order valence-corrected chi connectivity index (χ4v) is 1.99. The molecule has 0 aromatic heterocycles. The summed E-state index contributed by atoms with van der Waals surface area (Å²) in [5, 5.41) is 11.2. The number of carbonyl (C=O) groups is 2. The second kappa shape index (κ2) is 5.28. The lowest BCUT2D eigenvalue weighted by Gasteiger charge is -2.14. The summed E-state index contributed by atoms with van der Waals surface area (Å²) in [5.41, 5.74) is 0. The van der Waals surface area contributed by atoms with Crippen LogP contribution in [0.3, 0.4) is 0 Å². The Bertz CT molecular complexity index is 254. The van der Waals surface area contributed by atoms with Gasteiger partial charge in [0.2, 0.25) is 5.91 Å². The van der Waals surface area contributed by atoms with Crippen LogP contribution in [0.1, 0.15) is 6.42 Å². The van der Waals surface area contributed by atoms with Gasteiger partial charge in [-0.2, -0.15) is 0 Å². The molecule has 1 saturated heterocycles.